The van der Waals surface area contributed by atoms with Gasteiger partial charge in [0.1, 0.15) is 0 Å². The molecule has 0 saturated carbocycles. The lowest BCUT2D eigenvalue weighted by molar-refractivity contribution is 0.0730. The highest BCUT2D eigenvalue weighted by Crippen LogP contribution is 2.22. The van der Waals surface area contributed by atoms with Gasteiger partial charge in [-0.2, -0.15) is 4.31 Å². The minimum absolute atomic E-state index is 0.171. The molecule has 3 aromatic rings. The van der Waals surface area contributed by atoms with E-state index >= 15 is 0 Å². The van der Waals surface area contributed by atoms with E-state index in [2.05, 4.69) is 10.3 Å². The third kappa shape index (κ3) is 3.72. The van der Waals surface area contributed by atoms with Crippen LogP contribution in [0.4, 0.5) is 5.69 Å². The number of hydrogen-bond acceptors (Lipinski definition) is 6. The van der Waals surface area contributed by atoms with Gasteiger partial charge in [0.25, 0.3) is 5.91 Å². The number of benzene rings is 2. The predicted molar refractivity (Wildman–Crippen MR) is 104 cm³/mol. The normalized spacial score (nSPS) is 15.7. The molecule has 140 valence electrons. The Kier molecular flexibility index (Phi) is 4.92. The van der Waals surface area contributed by atoms with E-state index in [0.29, 0.717) is 37.6 Å². The minimum Gasteiger partial charge on any atom is -0.379 e. The number of morpholine rings is 1. The molecule has 0 unspecified atom stereocenters. The molecule has 7 nitrogen and oxygen atoms in total. The SMILES string of the molecule is O=C(Nc1ccc2scnc2c1)c1ccc(S(=O)(=O)N2CCOCC2)cc1. The van der Waals surface area contributed by atoms with Crippen molar-refractivity contribution < 1.29 is 17.9 Å². The van der Waals surface area contributed by atoms with Crippen molar-refractivity contribution in [2.75, 3.05) is 31.6 Å². The molecule has 0 radical (unpaired) electrons. The van der Waals surface area contributed by atoms with Crippen molar-refractivity contribution in [3.63, 3.8) is 0 Å². The van der Waals surface area contributed by atoms with E-state index in [4.69, 9.17) is 4.74 Å². The minimum atomic E-state index is -3.57. The number of carbonyl (C=O) groups excluding carboxylic acids is 1. The smallest absolute Gasteiger partial charge is 0.255 e. The van der Waals surface area contributed by atoms with Crippen LogP contribution in [0.3, 0.4) is 0 Å². The van der Waals surface area contributed by atoms with Crippen LogP contribution in [0.5, 0.6) is 0 Å². The van der Waals surface area contributed by atoms with Crippen molar-refractivity contribution in [3.8, 4) is 0 Å². The van der Waals surface area contributed by atoms with Gasteiger partial charge in [-0.05, 0) is 42.5 Å². The number of fused-ring (bicyclic) bond motifs is 1. The quantitative estimate of drug-likeness (QED) is 0.723. The fourth-order valence-corrected chi connectivity index (χ4v) is 4.92. The van der Waals surface area contributed by atoms with Crippen LogP contribution in [0.1, 0.15) is 10.4 Å². The van der Waals surface area contributed by atoms with Gasteiger partial charge in [-0.25, -0.2) is 13.4 Å². The van der Waals surface area contributed by atoms with Gasteiger partial charge in [-0.3, -0.25) is 4.79 Å². The zero-order valence-electron chi connectivity index (χ0n) is 14.3. The van der Waals surface area contributed by atoms with Crippen LogP contribution in [0, 0.1) is 0 Å². The average molecular weight is 403 g/mol. The fraction of sp³-hybridized carbons (Fsp3) is 0.222. The van der Waals surface area contributed by atoms with Gasteiger partial charge in [-0.15, -0.1) is 11.3 Å². The van der Waals surface area contributed by atoms with E-state index in [-0.39, 0.29) is 10.8 Å². The van der Waals surface area contributed by atoms with E-state index in [1.807, 2.05) is 12.1 Å². The topological polar surface area (TPSA) is 88.6 Å². The van der Waals surface area contributed by atoms with Gasteiger partial charge in [0.2, 0.25) is 10.0 Å². The Bertz CT molecular complexity index is 1070. The van der Waals surface area contributed by atoms with Crippen molar-refractivity contribution in [2.24, 2.45) is 0 Å². The Balaban J connectivity index is 1.50. The summed E-state index contributed by atoms with van der Waals surface area (Å²) < 4.78 is 32.9. The molecule has 1 aliphatic heterocycles. The lowest BCUT2D eigenvalue weighted by Crippen LogP contribution is -2.40. The molecule has 1 amide bonds. The molecule has 0 atom stereocenters. The number of aromatic nitrogens is 1. The molecule has 1 fully saturated rings. The van der Waals surface area contributed by atoms with Gasteiger partial charge < -0.3 is 10.1 Å². The predicted octanol–water partition coefficient (Wildman–Crippen LogP) is 2.57. The number of nitrogens with one attached hydrogen (secondary N) is 1. The first-order valence-corrected chi connectivity index (χ1v) is 10.7. The number of thiazole rings is 1. The second-order valence-corrected chi connectivity index (χ2v) is 8.85. The zero-order valence-corrected chi connectivity index (χ0v) is 15.9. The number of hydrogen-bond donors (Lipinski definition) is 1. The van der Waals surface area contributed by atoms with Gasteiger partial charge in [0, 0.05) is 24.3 Å². The summed E-state index contributed by atoms with van der Waals surface area (Å²) in [6, 6.07) is 11.5. The lowest BCUT2D eigenvalue weighted by Gasteiger charge is -2.26. The Hall–Kier alpha value is -2.33. The number of ether oxygens (including phenoxy) is 1. The van der Waals surface area contributed by atoms with Crippen molar-refractivity contribution in [2.45, 2.75) is 4.90 Å². The lowest BCUT2D eigenvalue weighted by atomic mass is 10.2. The Morgan fingerprint density at radius 1 is 1.11 bits per heavy atom. The summed E-state index contributed by atoms with van der Waals surface area (Å²) >= 11 is 1.53. The van der Waals surface area contributed by atoms with Crippen LogP contribution in [0.15, 0.2) is 52.9 Å². The molecule has 27 heavy (non-hydrogen) atoms. The second-order valence-electron chi connectivity index (χ2n) is 6.03. The van der Waals surface area contributed by atoms with Crippen LogP contribution in [-0.4, -0.2) is 49.9 Å². The maximum Gasteiger partial charge on any atom is 0.255 e. The first-order valence-electron chi connectivity index (χ1n) is 8.36. The Morgan fingerprint density at radius 3 is 2.59 bits per heavy atom. The van der Waals surface area contributed by atoms with E-state index in [9.17, 15) is 13.2 Å². The monoisotopic (exact) mass is 403 g/mol. The number of nitrogens with zero attached hydrogens (tertiary/aromatic N) is 2. The molecule has 1 aromatic heterocycles. The molecule has 1 saturated heterocycles. The molecular weight excluding hydrogens is 386 g/mol. The highest BCUT2D eigenvalue weighted by atomic mass is 32.2. The molecule has 0 spiro atoms. The number of sulfonamides is 1. The molecular formula is C18H17N3O4S2. The first-order chi connectivity index (χ1) is 13.0. The Morgan fingerprint density at radius 2 is 1.85 bits per heavy atom. The van der Waals surface area contributed by atoms with Crippen molar-refractivity contribution >= 4 is 43.2 Å². The molecule has 1 aliphatic rings. The third-order valence-electron chi connectivity index (χ3n) is 4.31. The van der Waals surface area contributed by atoms with Gasteiger partial charge in [-0.1, -0.05) is 0 Å². The van der Waals surface area contributed by atoms with Crippen LogP contribution < -0.4 is 5.32 Å². The summed E-state index contributed by atoms with van der Waals surface area (Å²) in [5.41, 5.74) is 3.60. The molecule has 1 N–H and O–H groups in total. The maximum atomic E-state index is 12.6. The molecule has 2 aromatic carbocycles. The second kappa shape index (κ2) is 7.35. The van der Waals surface area contributed by atoms with Crippen LogP contribution in [0.2, 0.25) is 0 Å². The number of amides is 1. The highest BCUT2D eigenvalue weighted by Gasteiger charge is 2.26. The van der Waals surface area contributed by atoms with Crippen LogP contribution >= 0.6 is 11.3 Å². The summed E-state index contributed by atoms with van der Waals surface area (Å²) in [5.74, 6) is -0.306. The summed E-state index contributed by atoms with van der Waals surface area (Å²) in [6.07, 6.45) is 0. The van der Waals surface area contributed by atoms with E-state index < -0.39 is 10.0 Å². The maximum absolute atomic E-state index is 12.6. The molecule has 4 rings (SSSR count). The number of anilines is 1. The van der Waals surface area contributed by atoms with E-state index in [1.54, 1.807) is 11.6 Å². The molecule has 9 heteroatoms. The summed E-state index contributed by atoms with van der Waals surface area (Å²) in [4.78, 5) is 16.8. The summed E-state index contributed by atoms with van der Waals surface area (Å²) in [5, 5.41) is 2.81. The van der Waals surface area contributed by atoms with E-state index in [0.717, 1.165) is 10.2 Å². The van der Waals surface area contributed by atoms with Crippen molar-refractivity contribution in [1.29, 1.82) is 0 Å². The van der Waals surface area contributed by atoms with Crippen LogP contribution in [-0.2, 0) is 14.8 Å². The number of rotatable bonds is 4. The highest BCUT2D eigenvalue weighted by molar-refractivity contribution is 7.89. The third-order valence-corrected chi connectivity index (χ3v) is 7.04. The van der Waals surface area contributed by atoms with Gasteiger partial charge >= 0.3 is 0 Å². The average Bonchev–Trinajstić information content (AvgIpc) is 3.16. The summed E-state index contributed by atoms with van der Waals surface area (Å²) in [7, 11) is -3.57. The van der Waals surface area contributed by atoms with Crippen molar-refractivity contribution in [3.05, 3.63) is 53.5 Å². The fourth-order valence-electron chi connectivity index (χ4n) is 2.85. The first kappa shape index (κ1) is 18.1. The summed E-state index contributed by atoms with van der Waals surface area (Å²) in [6.45, 7) is 1.46. The van der Waals surface area contributed by atoms with E-state index in [1.165, 1.54) is 39.9 Å². The zero-order chi connectivity index (χ0) is 18.9. The van der Waals surface area contributed by atoms with Gasteiger partial charge in [0.05, 0.1) is 33.8 Å². The standard InChI is InChI=1S/C18H17N3O4S2/c22-18(20-14-3-6-17-16(11-14)19-12-26-17)13-1-4-15(5-2-13)27(23,24)21-7-9-25-10-8-21/h1-6,11-12H,7-10H2,(H,20,22). The molecule has 0 aliphatic carbocycles. The molecule has 0 bridgehead atoms. The Labute approximate surface area is 160 Å². The van der Waals surface area contributed by atoms with Crippen LogP contribution in [0.25, 0.3) is 10.2 Å². The molecule has 2 heterocycles. The van der Waals surface area contributed by atoms with Crippen molar-refractivity contribution in [1.82, 2.24) is 9.29 Å². The number of carbonyl (C=O) groups is 1. The largest absolute Gasteiger partial charge is 0.379 e. The van der Waals surface area contributed by atoms with Gasteiger partial charge in [0.15, 0.2) is 0 Å².